The van der Waals surface area contributed by atoms with E-state index < -0.39 is 35.6 Å². The van der Waals surface area contributed by atoms with Crippen molar-refractivity contribution >= 4 is 34.3 Å². The lowest BCUT2D eigenvalue weighted by Crippen LogP contribution is -2.52. The molecule has 0 radical (unpaired) electrons. The minimum atomic E-state index is -4.51. The number of carbonyl (C=O) groups is 3. The molecule has 8 nitrogen and oxygen atoms in total. The van der Waals surface area contributed by atoms with Gasteiger partial charge >= 0.3 is 6.18 Å². The number of amides is 3. The fraction of sp³-hybridized carbons (Fsp3) is 0.355. The van der Waals surface area contributed by atoms with E-state index in [-0.39, 0.29) is 18.7 Å². The zero-order valence-electron chi connectivity index (χ0n) is 23.7. The van der Waals surface area contributed by atoms with Crippen molar-refractivity contribution in [3.63, 3.8) is 0 Å². The van der Waals surface area contributed by atoms with Gasteiger partial charge in [-0.2, -0.15) is 13.2 Å². The van der Waals surface area contributed by atoms with Gasteiger partial charge in [-0.15, -0.1) is 6.58 Å². The summed E-state index contributed by atoms with van der Waals surface area (Å²) < 4.78 is 39.1. The van der Waals surface area contributed by atoms with Crippen molar-refractivity contribution in [1.29, 1.82) is 0 Å². The Morgan fingerprint density at radius 3 is 2.38 bits per heavy atom. The lowest BCUT2D eigenvalue weighted by atomic mass is 10.0. The highest BCUT2D eigenvalue weighted by Crippen LogP contribution is 2.29. The molecule has 0 aliphatic heterocycles. The number of benzene rings is 2. The Kier molecular flexibility index (Phi) is 11.2. The zero-order chi connectivity index (χ0) is 30.9. The van der Waals surface area contributed by atoms with Crippen LogP contribution in [0.3, 0.4) is 0 Å². The number of nitrogens with zero attached hydrogens (tertiary/aromatic N) is 2. The molecule has 42 heavy (non-hydrogen) atoms. The van der Waals surface area contributed by atoms with Crippen molar-refractivity contribution in [2.24, 2.45) is 5.73 Å². The third-order valence-corrected chi connectivity index (χ3v) is 6.60. The second kappa shape index (κ2) is 14.6. The summed E-state index contributed by atoms with van der Waals surface area (Å²) in [6.45, 7) is 8.61. The first kappa shape index (κ1) is 32.3. The van der Waals surface area contributed by atoms with Crippen molar-refractivity contribution < 1.29 is 27.6 Å². The fourth-order valence-corrected chi connectivity index (χ4v) is 4.29. The van der Waals surface area contributed by atoms with Crippen LogP contribution < -0.4 is 16.4 Å². The van der Waals surface area contributed by atoms with Crippen LogP contribution in [-0.2, 0) is 27.0 Å². The monoisotopic (exact) mass is 583 g/mol. The van der Waals surface area contributed by atoms with Crippen molar-refractivity contribution in [2.75, 3.05) is 18.4 Å². The summed E-state index contributed by atoms with van der Waals surface area (Å²) in [5.41, 5.74) is 7.66. The Bertz CT molecular complexity index is 1410. The third-order valence-electron chi connectivity index (χ3n) is 6.60. The van der Waals surface area contributed by atoms with Crippen LogP contribution in [-0.4, -0.2) is 52.8 Å². The average molecular weight is 584 g/mol. The summed E-state index contributed by atoms with van der Waals surface area (Å²) in [6, 6.07) is 10.9. The van der Waals surface area contributed by atoms with Crippen LogP contribution in [0.2, 0.25) is 0 Å². The largest absolute Gasteiger partial charge is 0.416 e. The number of aromatic nitrogens is 1. The molecule has 0 aliphatic carbocycles. The summed E-state index contributed by atoms with van der Waals surface area (Å²) in [4.78, 5) is 45.3. The quantitative estimate of drug-likeness (QED) is 0.249. The van der Waals surface area contributed by atoms with Crippen LogP contribution in [0.25, 0.3) is 10.9 Å². The van der Waals surface area contributed by atoms with Crippen LogP contribution >= 0.6 is 0 Å². The normalized spacial score (nSPS) is 12.8. The summed E-state index contributed by atoms with van der Waals surface area (Å²) >= 11 is 0. The third kappa shape index (κ3) is 9.41. The van der Waals surface area contributed by atoms with E-state index in [4.69, 9.17) is 5.73 Å². The molecule has 0 fully saturated rings. The first-order chi connectivity index (χ1) is 19.9. The Balaban J connectivity index is 1.76. The number of pyridine rings is 1. The van der Waals surface area contributed by atoms with Crippen LogP contribution in [0.1, 0.15) is 44.2 Å². The van der Waals surface area contributed by atoms with Gasteiger partial charge in [-0.3, -0.25) is 19.4 Å². The molecule has 2 unspecified atom stereocenters. The molecule has 1 heterocycles. The lowest BCUT2D eigenvalue weighted by molar-refractivity contribution is -0.137. The van der Waals surface area contributed by atoms with Gasteiger partial charge in [0.2, 0.25) is 17.7 Å². The Hall–Kier alpha value is -4.25. The Labute approximate surface area is 243 Å². The summed E-state index contributed by atoms with van der Waals surface area (Å²) in [5, 5.41) is 6.09. The van der Waals surface area contributed by atoms with E-state index >= 15 is 0 Å². The van der Waals surface area contributed by atoms with Gasteiger partial charge in [-0.1, -0.05) is 42.8 Å². The van der Waals surface area contributed by atoms with Gasteiger partial charge in [-0.25, -0.2) is 0 Å². The number of alkyl halides is 3. The van der Waals surface area contributed by atoms with Gasteiger partial charge in [0.25, 0.3) is 0 Å². The molecule has 0 spiro atoms. The molecule has 3 amide bonds. The molecule has 0 aliphatic rings. The molecular weight excluding hydrogens is 547 g/mol. The molecule has 4 N–H and O–H groups in total. The molecular formula is C31H36F3N5O3. The highest BCUT2D eigenvalue weighted by Gasteiger charge is 2.31. The first-order valence-electron chi connectivity index (χ1n) is 13.7. The minimum Gasteiger partial charge on any atom is -0.343 e. The van der Waals surface area contributed by atoms with E-state index in [9.17, 15) is 27.6 Å². The van der Waals surface area contributed by atoms with E-state index in [0.29, 0.717) is 30.8 Å². The highest BCUT2D eigenvalue weighted by atomic mass is 19.4. The fourth-order valence-electron chi connectivity index (χ4n) is 4.29. The number of anilines is 1. The molecule has 2 aromatic carbocycles. The van der Waals surface area contributed by atoms with Gasteiger partial charge in [-0.05, 0) is 49.6 Å². The molecule has 2 atom stereocenters. The Morgan fingerprint density at radius 2 is 1.74 bits per heavy atom. The summed E-state index contributed by atoms with van der Waals surface area (Å²) in [7, 11) is 0. The molecule has 0 saturated carbocycles. The molecule has 3 aromatic rings. The van der Waals surface area contributed by atoms with E-state index in [0.717, 1.165) is 35.0 Å². The van der Waals surface area contributed by atoms with Gasteiger partial charge in [0.1, 0.15) is 6.04 Å². The second-order valence-corrected chi connectivity index (χ2v) is 10.3. The first-order valence-corrected chi connectivity index (χ1v) is 13.7. The number of nitrogens with two attached hydrogens (primary N) is 1. The molecule has 0 saturated heterocycles. The maximum Gasteiger partial charge on any atom is 0.416 e. The molecule has 224 valence electrons. The van der Waals surface area contributed by atoms with Crippen molar-refractivity contribution in [1.82, 2.24) is 15.2 Å². The minimum absolute atomic E-state index is 0.113. The SMILES string of the molecule is C=C(C)CCN(CCC)C(=O)CC(N)C(=O)NC(Cc1ccc(C(F)(F)F)cc1)C(=O)Nc1cnc2ccccc2c1. The average Bonchev–Trinajstić information content (AvgIpc) is 2.94. The van der Waals surface area contributed by atoms with Gasteiger partial charge < -0.3 is 21.3 Å². The van der Waals surface area contributed by atoms with Crippen LogP contribution in [0.4, 0.5) is 18.9 Å². The standard InChI is InChI=1S/C31H36F3N5O3/c1-4-14-39(15-13-20(2)3)28(40)18-25(35)29(41)38-27(16-21-9-11-23(12-10-21)31(32,33)34)30(42)37-24-17-22-7-5-6-8-26(22)36-19-24/h5-12,17,19,25,27H,2,4,13-16,18,35H2,1,3H3,(H,37,42)(H,38,41). The van der Waals surface area contributed by atoms with Crippen molar-refractivity contribution in [3.8, 4) is 0 Å². The zero-order valence-corrected chi connectivity index (χ0v) is 23.7. The van der Waals surface area contributed by atoms with E-state index in [1.165, 1.54) is 18.3 Å². The topological polar surface area (TPSA) is 117 Å². The molecule has 1 aromatic heterocycles. The number of halogens is 3. The number of carbonyl (C=O) groups excluding carboxylic acids is 3. The maximum absolute atomic E-state index is 13.3. The molecule has 11 heteroatoms. The van der Waals surface area contributed by atoms with E-state index in [1.807, 2.05) is 38.1 Å². The number of rotatable bonds is 13. The molecule has 0 bridgehead atoms. The highest BCUT2D eigenvalue weighted by molar-refractivity contribution is 5.99. The van der Waals surface area contributed by atoms with Gasteiger partial charge in [0, 0.05) is 24.9 Å². The number of fused-ring (bicyclic) bond motifs is 1. The smallest absolute Gasteiger partial charge is 0.343 e. The van der Waals surface area contributed by atoms with Crippen LogP contribution in [0, 0.1) is 0 Å². The maximum atomic E-state index is 13.3. The van der Waals surface area contributed by atoms with Gasteiger partial charge in [0.05, 0.1) is 35.4 Å². The predicted octanol–water partition coefficient (Wildman–Crippen LogP) is 4.84. The van der Waals surface area contributed by atoms with Crippen LogP contribution in [0.5, 0.6) is 0 Å². The number of nitrogens with one attached hydrogen (secondary N) is 2. The Morgan fingerprint density at radius 1 is 1.05 bits per heavy atom. The van der Waals surface area contributed by atoms with Crippen LogP contribution in [0.15, 0.2) is 72.9 Å². The van der Waals surface area contributed by atoms with Crippen molar-refractivity contribution in [2.45, 2.75) is 57.8 Å². The number of hydrogen-bond donors (Lipinski definition) is 3. The summed E-state index contributed by atoms with van der Waals surface area (Å²) in [6.07, 6.45) is -2.09. The van der Waals surface area contributed by atoms with E-state index in [2.05, 4.69) is 22.2 Å². The lowest BCUT2D eigenvalue weighted by Gasteiger charge is -2.25. The predicted molar refractivity (Wildman–Crippen MR) is 156 cm³/mol. The second-order valence-electron chi connectivity index (χ2n) is 10.3. The van der Waals surface area contributed by atoms with Crippen molar-refractivity contribution in [3.05, 3.63) is 84.1 Å². The molecule has 3 rings (SSSR count). The number of hydrogen-bond acceptors (Lipinski definition) is 5. The number of para-hydroxylation sites is 1. The van der Waals surface area contributed by atoms with E-state index in [1.54, 1.807) is 11.0 Å². The summed E-state index contributed by atoms with van der Waals surface area (Å²) in [5.74, 6) is -1.65. The van der Waals surface area contributed by atoms with Gasteiger partial charge in [0.15, 0.2) is 0 Å².